The lowest BCUT2D eigenvalue weighted by atomic mass is 10.1. The number of unbranched alkanes of at least 4 members (excludes halogenated alkanes) is 1. The summed E-state index contributed by atoms with van der Waals surface area (Å²) in [5, 5.41) is 0. The van der Waals surface area contributed by atoms with E-state index < -0.39 is 0 Å². The third-order valence-corrected chi connectivity index (χ3v) is 4.94. The van der Waals surface area contributed by atoms with Crippen molar-refractivity contribution in [1.29, 1.82) is 0 Å². The number of rotatable bonds is 11. The monoisotopic (exact) mass is 368 g/mol. The minimum Gasteiger partial charge on any atom is -0.377 e. The average molecular weight is 369 g/mol. The SMILES string of the molecule is c1ccc(CCCCOCc2cccc(CCOC3CCCCO3)c2)cc1. The highest BCUT2D eigenvalue weighted by Crippen LogP contribution is 2.15. The van der Waals surface area contributed by atoms with Crippen LogP contribution in [0.5, 0.6) is 0 Å². The molecule has 0 amide bonds. The maximum Gasteiger partial charge on any atom is 0.157 e. The molecule has 0 spiro atoms. The van der Waals surface area contributed by atoms with E-state index in [1.54, 1.807) is 0 Å². The minimum atomic E-state index is 0.00107. The third kappa shape index (κ3) is 7.84. The van der Waals surface area contributed by atoms with E-state index in [0.29, 0.717) is 13.2 Å². The van der Waals surface area contributed by atoms with E-state index in [9.17, 15) is 0 Å². The number of ether oxygens (including phenoxy) is 3. The van der Waals surface area contributed by atoms with Crippen molar-refractivity contribution >= 4 is 0 Å². The fraction of sp³-hybridized carbons (Fsp3) is 0.500. The summed E-state index contributed by atoms with van der Waals surface area (Å²) in [7, 11) is 0. The smallest absolute Gasteiger partial charge is 0.157 e. The van der Waals surface area contributed by atoms with Crippen LogP contribution < -0.4 is 0 Å². The average Bonchev–Trinajstić information content (AvgIpc) is 2.72. The van der Waals surface area contributed by atoms with E-state index in [2.05, 4.69) is 54.6 Å². The molecule has 1 atom stereocenters. The number of aryl methyl sites for hydroxylation is 1. The maximum atomic E-state index is 5.86. The van der Waals surface area contributed by atoms with E-state index in [-0.39, 0.29) is 6.29 Å². The van der Waals surface area contributed by atoms with Gasteiger partial charge in [-0.15, -0.1) is 0 Å². The minimum absolute atomic E-state index is 0.00107. The molecular formula is C24H32O3. The molecule has 0 radical (unpaired) electrons. The van der Waals surface area contributed by atoms with Crippen molar-refractivity contribution in [3.05, 3.63) is 71.3 Å². The van der Waals surface area contributed by atoms with Gasteiger partial charge in [0.1, 0.15) is 0 Å². The Morgan fingerprint density at radius 2 is 1.67 bits per heavy atom. The summed E-state index contributed by atoms with van der Waals surface area (Å²) in [5.74, 6) is 0. The van der Waals surface area contributed by atoms with Gasteiger partial charge >= 0.3 is 0 Å². The molecule has 1 unspecified atom stereocenters. The van der Waals surface area contributed by atoms with Gasteiger partial charge in [0.05, 0.1) is 13.2 Å². The van der Waals surface area contributed by atoms with Crippen LogP contribution in [0, 0.1) is 0 Å². The standard InChI is InChI=1S/C24H32O3/c1-2-9-21(10-3-1)11-4-6-16-25-20-23-13-8-12-22(19-23)15-18-27-24-14-5-7-17-26-24/h1-3,8-10,12-13,19,24H,4-7,11,14-18,20H2. The topological polar surface area (TPSA) is 27.7 Å². The van der Waals surface area contributed by atoms with Gasteiger partial charge in [0, 0.05) is 13.2 Å². The molecular weight excluding hydrogens is 336 g/mol. The fourth-order valence-electron chi connectivity index (χ4n) is 3.39. The third-order valence-electron chi connectivity index (χ3n) is 4.94. The van der Waals surface area contributed by atoms with Crippen molar-refractivity contribution in [2.45, 2.75) is 57.8 Å². The van der Waals surface area contributed by atoms with Crippen LogP contribution in [0.15, 0.2) is 54.6 Å². The van der Waals surface area contributed by atoms with Crippen molar-refractivity contribution in [3.63, 3.8) is 0 Å². The van der Waals surface area contributed by atoms with Crippen molar-refractivity contribution in [2.24, 2.45) is 0 Å². The van der Waals surface area contributed by atoms with E-state index >= 15 is 0 Å². The molecule has 3 nitrogen and oxygen atoms in total. The van der Waals surface area contributed by atoms with Crippen molar-refractivity contribution in [3.8, 4) is 0 Å². The van der Waals surface area contributed by atoms with E-state index in [4.69, 9.17) is 14.2 Å². The molecule has 2 aromatic carbocycles. The molecule has 0 aliphatic carbocycles. The summed E-state index contributed by atoms with van der Waals surface area (Å²) in [6.45, 7) is 3.06. The number of hydrogen-bond acceptors (Lipinski definition) is 3. The normalized spacial score (nSPS) is 17.1. The molecule has 0 saturated carbocycles. The molecule has 3 heteroatoms. The first-order valence-corrected chi connectivity index (χ1v) is 10.3. The van der Waals surface area contributed by atoms with Crippen molar-refractivity contribution in [1.82, 2.24) is 0 Å². The summed E-state index contributed by atoms with van der Waals surface area (Å²) >= 11 is 0. The number of hydrogen-bond donors (Lipinski definition) is 0. The van der Waals surface area contributed by atoms with Gasteiger partial charge in [-0.05, 0) is 61.6 Å². The van der Waals surface area contributed by atoms with Crippen LogP contribution >= 0.6 is 0 Å². The second kappa shape index (κ2) is 11.9. The summed E-state index contributed by atoms with van der Waals surface area (Å²) in [6.07, 6.45) is 7.72. The fourth-order valence-corrected chi connectivity index (χ4v) is 3.39. The molecule has 0 bridgehead atoms. The Kier molecular flexibility index (Phi) is 8.85. The Labute approximate surface area is 163 Å². The van der Waals surface area contributed by atoms with E-state index in [1.807, 2.05) is 0 Å². The van der Waals surface area contributed by atoms with Crippen LogP contribution in [0.1, 0.15) is 48.8 Å². The molecule has 27 heavy (non-hydrogen) atoms. The quantitative estimate of drug-likeness (QED) is 0.503. The summed E-state index contributed by atoms with van der Waals surface area (Å²) in [4.78, 5) is 0. The Hall–Kier alpha value is -1.68. The zero-order chi connectivity index (χ0) is 18.6. The molecule has 1 fully saturated rings. The molecule has 1 saturated heterocycles. The highest BCUT2D eigenvalue weighted by atomic mass is 16.7. The molecule has 0 aromatic heterocycles. The Balaban J connectivity index is 1.28. The van der Waals surface area contributed by atoms with Crippen LogP contribution in [-0.4, -0.2) is 26.1 Å². The zero-order valence-corrected chi connectivity index (χ0v) is 16.3. The first kappa shape index (κ1) is 20.1. The molecule has 3 rings (SSSR count). The van der Waals surface area contributed by atoms with Crippen molar-refractivity contribution in [2.75, 3.05) is 19.8 Å². The molecule has 1 heterocycles. The molecule has 2 aromatic rings. The maximum absolute atomic E-state index is 5.86. The van der Waals surface area contributed by atoms with Crippen LogP contribution in [0.2, 0.25) is 0 Å². The van der Waals surface area contributed by atoms with Gasteiger partial charge in [-0.3, -0.25) is 0 Å². The number of benzene rings is 2. The summed E-state index contributed by atoms with van der Waals surface area (Å²) < 4.78 is 17.3. The second-order valence-electron chi connectivity index (χ2n) is 7.23. The van der Waals surface area contributed by atoms with Crippen molar-refractivity contribution < 1.29 is 14.2 Å². The van der Waals surface area contributed by atoms with Crippen LogP contribution in [-0.2, 0) is 33.7 Å². The van der Waals surface area contributed by atoms with Gasteiger partial charge < -0.3 is 14.2 Å². The van der Waals surface area contributed by atoms with Gasteiger partial charge in [-0.2, -0.15) is 0 Å². The lowest BCUT2D eigenvalue weighted by Gasteiger charge is -2.22. The van der Waals surface area contributed by atoms with Crippen LogP contribution in [0.4, 0.5) is 0 Å². The second-order valence-corrected chi connectivity index (χ2v) is 7.23. The zero-order valence-electron chi connectivity index (χ0n) is 16.3. The van der Waals surface area contributed by atoms with Gasteiger partial charge in [0.25, 0.3) is 0 Å². The largest absolute Gasteiger partial charge is 0.377 e. The first-order valence-electron chi connectivity index (χ1n) is 10.3. The van der Waals surface area contributed by atoms with Gasteiger partial charge in [-0.1, -0.05) is 54.6 Å². The van der Waals surface area contributed by atoms with Crippen LogP contribution in [0.3, 0.4) is 0 Å². The lowest BCUT2D eigenvalue weighted by Crippen LogP contribution is -2.23. The molecule has 1 aliphatic heterocycles. The Bertz CT molecular complexity index is 635. The lowest BCUT2D eigenvalue weighted by molar-refractivity contribution is -0.161. The highest BCUT2D eigenvalue weighted by Gasteiger charge is 2.13. The predicted molar refractivity (Wildman–Crippen MR) is 109 cm³/mol. The van der Waals surface area contributed by atoms with Gasteiger partial charge in [0.2, 0.25) is 0 Å². The molecule has 146 valence electrons. The summed E-state index contributed by atoms with van der Waals surface area (Å²) in [5.41, 5.74) is 3.95. The van der Waals surface area contributed by atoms with Gasteiger partial charge in [-0.25, -0.2) is 0 Å². The molecule has 0 N–H and O–H groups in total. The Morgan fingerprint density at radius 1 is 0.815 bits per heavy atom. The van der Waals surface area contributed by atoms with E-state index in [0.717, 1.165) is 45.3 Å². The van der Waals surface area contributed by atoms with E-state index in [1.165, 1.54) is 29.5 Å². The predicted octanol–water partition coefficient (Wildman–Crippen LogP) is 5.31. The Morgan fingerprint density at radius 3 is 2.52 bits per heavy atom. The summed E-state index contributed by atoms with van der Waals surface area (Å²) in [6, 6.07) is 19.3. The molecule has 1 aliphatic rings. The van der Waals surface area contributed by atoms with Crippen LogP contribution in [0.25, 0.3) is 0 Å². The highest BCUT2D eigenvalue weighted by molar-refractivity contribution is 5.23. The van der Waals surface area contributed by atoms with Gasteiger partial charge in [0.15, 0.2) is 6.29 Å². The first-order chi connectivity index (χ1) is 13.4.